The lowest BCUT2D eigenvalue weighted by Gasteiger charge is -2.21. The van der Waals surface area contributed by atoms with E-state index in [2.05, 4.69) is 50.9 Å². The lowest BCUT2D eigenvalue weighted by atomic mass is 10.1. The van der Waals surface area contributed by atoms with Crippen LogP contribution < -0.4 is 4.90 Å². The summed E-state index contributed by atoms with van der Waals surface area (Å²) in [5.41, 5.74) is 4.18. The van der Waals surface area contributed by atoms with Crippen molar-refractivity contribution in [2.45, 2.75) is 33.6 Å². The highest BCUT2D eigenvalue weighted by atomic mass is 15.1. The first kappa shape index (κ1) is 11.1. The van der Waals surface area contributed by atoms with E-state index in [9.17, 15) is 0 Å². The standard InChI is InChI=1S/C13H21N/c1-5-9-14(4)13-10-12(6-2)8-7-11(13)3/h7-8,10H,5-6,9H2,1-4H3. The first-order valence-electron chi connectivity index (χ1n) is 5.49. The van der Waals surface area contributed by atoms with E-state index in [1.165, 1.54) is 23.2 Å². The average molecular weight is 191 g/mol. The minimum Gasteiger partial charge on any atom is -0.374 e. The van der Waals surface area contributed by atoms with Crippen LogP contribution in [-0.2, 0) is 6.42 Å². The van der Waals surface area contributed by atoms with Gasteiger partial charge in [-0.15, -0.1) is 0 Å². The Bertz CT molecular complexity index is 291. The SMILES string of the molecule is CCCN(C)c1cc(CC)ccc1C. The maximum absolute atomic E-state index is 2.34. The number of hydrogen-bond donors (Lipinski definition) is 0. The predicted octanol–water partition coefficient (Wildman–Crippen LogP) is 3.40. The molecular formula is C13H21N. The normalized spacial score (nSPS) is 10.3. The lowest BCUT2D eigenvalue weighted by Crippen LogP contribution is -2.18. The first-order valence-corrected chi connectivity index (χ1v) is 5.49. The Morgan fingerprint density at radius 2 is 1.93 bits per heavy atom. The number of rotatable bonds is 4. The molecule has 1 heteroatoms. The van der Waals surface area contributed by atoms with Gasteiger partial charge in [0.2, 0.25) is 0 Å². The van der Waals surface area contributed by atoms with Crippen molar-refractivity contribution >= 4 is 5.69 Å². The topological polar surface area (TPSA) is 3.24 Å². The van der Waals surface area contributed by atoms with Crippen molar-refractivity contribution in [1.82, 2.24) is 0 Å². The van der Waals surface area contributed by atoms with Gasteiger partial charge in [0.05, 0.1) is 0 Å². The average Bonchev–Trinajstić information content (AvgIpc) is 2.19. The van der Waals surface area contributed by atoms with Crippen molar-refractivity contribution < 1.29 is 0 Å². The second-order valence-corrected chi connectivity index (χ2v) is 3.90. The van der Waals surface area contributed by atoms with Gasteiger partial charge in [-0.3, -0.25) is 0 Å². The summed E-state index contributed by atoms with van der Waals surface area (Å²) in [5.74, 6) is 0. The molecule has 0 atom stereocenters. The van der Waals surface area contributed by atoms with Gasteiger partial charge in [0, 0.05) is 19.3 Å². The van der Waals surface area contributed by atoms with E-state index >= 15 is 0 Å². The summed E-state index contributed by atoms with van der Waals surface area (Å²) < 4.78 is 0. The fraction of sp³-hybridized carbons (Fsp3) is 0.538. The van der Waals surface area contributed by atoms with Gasteiger partial charge >= 0.3 is 0 Å². The molecule has 0 aliphatic heterocycles. The number of anilines is 1. The summed E-state index contributed by atoms with van der Waals surface area (Å²) in [5, 5.41) is 0. The number of nitrogens with zero attached hydrogens (tertiary/aromatic N) is 1. The van der Waals surface area contributed by atoms with Crippen molar-refractivity contribution in [3.8, 4) is 0 Å². The molecule has 0 spiro atoms. The fourth-order valence-electron chi connectivity index (χ4n) is 1.74. The highest BCUT2D eigenvalue weighted by molar-refractivity contribution is 5.54. The van der Waals surface area contributed by atoms with Crippen molar-refractivity contribution in [3.63, 3.8) is 0 Å². The first-order chi connectivity index (χ1) is 6.69. The van der Waals surface area contributed by atoms with Gasteiger partial charge < -0.3 is 4.90 Å². The van der Waals surface area contributed by atoms with Crippen LogP contribution in [0.4, 0.5) is 5.69 Å². The van der Waals surface area contributed by atoms with E-state index in [1.807, 2.05) is 0 Å². The zero-order valence-corrected chi connectivity index (χ0v) is 9.80. The summed E-state index contributed by atoms with van der Waals surface area (Å²) in [6, 6.07) is 6.75. The minimum atomic E-state index is 1.12. The fourth-order valence-corrected chi connectivity index (χ4v) is 1.74. The number of aryl methyl sites for hydroxylation is 2. The quantitative estimate of drug-likeness (QED) is 0.705. The lowest BCUT2D eigenvalue weighted by molar-refractivity contribution is 0.848. The molecule has 0 saturated carbocycles. The van der Waals surface area contributed by atoms with Crippen molar-refractivity contribution in [1.29, 1.82) is 0 Å². The van der Waals surface area contributed by atoms with Crippen molar-refractivity contribution in [2.24, 2.45) is 0 Å². The molecule has 1 nitrogen and oxygen atoms in total. The van der Waals surface area contributed by atoms with Crippen LogP contribution in [0.5, 0.6) is 0 Å². The van der Waals surface area contributed by atoms with Crippen molar-refractivity contribution in [3.05, 3.63) is 29.3 Å². The Labute approximate surface area is 87.7 Å². The molecule has 78 valence electrons. The second-order valence-electron chi connectivity index (χ2n) is 3.90. The van der Waals surface area contributed by atoms with Crippen LogP contribution in [0.1, 0.15) is 31.4 Å². The maximum atomic E-state index is 2.34. The molecule has 0 unspecified atom stereocenters. The molecule has 0 N–H and O–H groups in total. The molecule has 0 radical (unpaired) electrons. The molecule has 0 aliphatic rings. The van der Waals surface area contributed by atoms with Gasteiger partial charge in [-0.25, -0.2) is 0 Å². The molecular weight excluding hydrogens is 170 g/mol. The molecule has 1 aromatic carbocycles. The third-order valence-corrected chi connectivity index (χ3v) is 2.65. The zero-order valence-electron chi connectivity index (χ0n) is 9.80. The maximum Gasteiger partial charge on any atom is 0.0396 e. The van der Waals surface area contributed by atoms with E-state index in [0.717, 1.165) is 13.0 Å². The molecule has 0 aromatic heterocycles. The van der Waals surface area contributed by atoms with Crippen LogP contribution >= 0.6 is 0 Å². The molecule has 0 aliphatic carbocycles. The molecule has 14 heavy (non-hydrogen) atoms. The monoisotopic (exact) mass is 191 g/mol. The second kappa shape index (κ2) is 5.04. The Hall–Kier alpha value is -0.980. The molecule has 0 amide bonds. The van der Waals surface area contributed by atoms with E-state index in [4.69, 9.17) is 0 Å². The molecule has 0 saturated heterocycles. The van der Waals surface area contributed by atoms with E-state index in [1.54, 1.807) is 0 Å². The van der Waals surface area contributed by atoms with Crippen LogP contribution in [-0.4, -0.2) is 13.6 Å². The van der Waals surface area contributed by atoms with Crippen LogP contribution in [0.25, 0.3) is 0 Å². The summed E-state index contributed by atoms with van der Waals surface area (Å²) in [7, 11) is 2.17. The summed E-state index contributed by atoms with van der Waals surface area (Å²) in [6.07, 6.45) is 2.32. The van der Waals surface area contributed by atoms with Gasteiger partial charge in [-0.1, -0.05) is 26.0 Å². The van der Waals surface area contributed by atoms with E-state index in [-0.39, 0.29) is 0 Å². The number of benzene rings is 1. The molecule has 0 fully saturated rings. The van der Waals surface area contributed by atoms with Gasteiger partial charge in [0.1, 0.15) is 0 Å². The molecule has 1 rings (SSSR count). The van der Waals surface area contributed by atoms with Crippen LogP contribution in [0.3, 0.4) is 0 Å². The van der Waals surface area contributed by atoms with Crippen LogP contribution in [0.15, 0.2) is 18.2 Å². The highest BCUT2D eigenvalue weighted by Crippen LogP contribution is 2.20. The molecule has 1 aromatic rings. The Balaban J connectivity index is 2.93. The number of hydrogen-bond acceptors (Lipinski definition) is 1. The third-order valence-electron chi connectivity index (χ3n) is 2.65. The molecule has 0 bridgehead atoms. The highest BCUT2D eigenvalue weighted by Gasteiger charge is 2.03. The largest absolute Gasteiger partial charge is 0.374 e. The minimum absolute atomic E-state index is 1.12. The predicted molar refractivity (Wildman–Crippen MR) is 64.1 cm³/mol. The smallest absolute Gasteiger partial charge is 0.0396 e. The Morgan fingerprint density at radius 1 is 1.21 bits per heavy atom. The summed E-state index contributed by atoms with van der Waals surface area (Å²) in [4.78, 5) is 2.34. The van der Waals surface area contributed by atoms with E-state index in [0.29, 0.717) is 0 Å². The van der Waals surface area contributed by atoms with Gasteiger partial charge in [0.15, 0.2) is 0 Å². The van der Waals surface area contributed by atoms with Gasteiger partial charge in [-0.05, 0) is 37.0 Å². The van der Waals surface area contributed by atoms with Gasteiger partial charge in [0.25, 0.3) is 0 Å². The summed E-state index contributed by atoms with van der Waals surface area (Å²) >= 11 is 0. The van der Waals surface area contributed by atoms with E-state index < -0.39 is 0 Å². The summed E-state index contributed by atoms with van der Waals surface area (Å²) in [6.45, 7) is 7.73. The Morgan fingerprint density at radius 3 is 2.50 bits per heavy atom. The van der Waals surface area contributed by atoms with Crippen molar-refractivity contribution in [2.75, 3.05) is 18.5 Å². The Kier molecular flexibility index (Phi) is 3.99. The van der Waals surface area contributed by atoms with Crippen LogP contribution in [0, 0.1) is 6.92 Å². The zero-order chi connectivity index (χ0) is 10.6. The molecule has 0 heterocycles. The third kappa shape index (κ3) is 2.50. The van der Waals surface area contributed by atoms with Crippen LogP contribution in [0.2, 0.25) is 0 Å². The van der Waals surface area contributed by atoms with Gasteiger partial charge in [-0.2, -0.15) is 0 Å².